The summed E-state index contributed by atoms with van der Waals surface area (Å²) in [5.41, 5.74) is 6.13. The van der Waals surface area contributed by atoms with Gasteiger partial charge in [-0.15, -0.1) is 0 Å². The maximum absolute atomic E-state index is 12.1. The Bertz CT molecular complexity index is 690. The van der Waals surface area contributed by atoms with E-state index < -0.39 is 0 Å². The lowest BCUT2D eigenvalue weighted by molar-refractivity contribution is -0.113. The third kappa shape index (κ3) is 4.07. The molecule has 2 aromatic rings. The van der Waals surface area contributed by atoms with Crippen LogP contribution in [0.4, 0.5) is 5.69 Å². The van der Waals surface area contributed by atoms with Gasteiger partial charge in [0.05, 0.1) is 5.75 Å². The predicted molar refractivity (Wildman–Crippen MR) is 91.5 cm³/mol. The number of carbonyl (C=O) groups excluding carboxylic acids is 1. The molecule has 0 saturated heterocycles. The van der Waals surface area contributed by atoms with Crippen LogP contribution in [0.1, 0.15) is 28.1 Å². The van der Waals surface area contributed by atoms with Crippen molar-refractivity contribution in [3.63, 3.8) is 0 Å². The molecule has 116 valence electrons. The number of benzene rings is 1. The number of nitrogens with one attached hydrogen (secondary N) is 1. The number of anilines is 1. The van der Waals surface area contributed by atoms with Gasteiger partial charge in [0.15, 0.2) is 5.16 Å². The van der Waals surface area contributed by atoms with E-state index in [0.717, 1.165) is 28.2 Å². The van der Waals surface area contributed by atoms with Crippen LogP contribution in [0.2, 0.25) is 0 Å². The first kappa shape index (κ1) is 16.5. The van der Waals surface area contributed by atoms with Crippen molar-refractivity contribution in [3.05, 3.63) is 46.3 Å². The van der Waals surface area contributed by atoms with Crippen LogP contribution in [-0.2, 0) is 4.79 Å². The molecule has 1 heterocycles. The Hall–Kier alpha value is -1.88. The molecule has 1 aromatic carbocycles. The fourth-order valence-electron chi connectivity index (χ4n) is 2.08. The number of aromatic nitrogens is 2. The normalized spacial score (nSPS) is 10.6. The van der Waals surface area contributed by atoms with Crippen LogP contribution in [0.25, 0.3) is 0 Å². The van der Waals surface area contributed by atoms with Crippen LogP contribution in [0.3, 0.4) is 0 Å². The highest BCUT2D eigenvalue weighted by Gasteiger charge is 2.09. The highest BCUT2D eigenvalue weighted by Crippen LogP contribution is 2.19. The molecule has 0 aliphatic heterocycles. The summed E-state index contributed by atoms with van der Waals surface area (Å²) < 4.78 is 0. The summed E-state index contributed by atoms with van der Waals surface area (Å²) in [6, 6.07) is 5.98. The second-order valence-electron chi connectivity index (χ2n) is 5.46. The number of aryl methyl sites for hydroxylation is 4. The number of amides is 1. The lowest BCUT2D eigenvalue weighted by atomic mass is 10.1. The smallest absolute Gasteiger partial charge is 0.234 e. The van der Waals surface area contributed by atoms with E-state index >= 15 is 0 Å². The Balaban J connectivity index is 1.98. The first-order chi connectivity index (χ1) is 10.4. The molecule has 0 unspecified atom stereocenters. The molecule has 22 heavy (non-hydrogen) atoms. The van der Waals surface area contributed by atoms with E-state index in [-0.39, 0.29) is 5.91 Å². The molecular weight excluding hydrogens is 294 g/mol. The van der Waals surface area contributed by atoms with Crippen LogP contribution >= 0.6 is 11.8 Å². The van der Waals surface area contributed by atoms with Crippen molar-refractivity contribution >= 4 is 23.4 Å². The van der Waals surface area contributed by atoms with Gasteiger partial charge in [-0.3, -0.25) is 4.79 Å². The Morgan fingerprint density at radius 1 is 1.09 bits per heavy atom. The zero-order valence-electron chi connectivity index (χ0n) is 13.7. The van der Waals surface area contributed by atoms with E-state index in [4.69, 9.17) is 0 Å². The molecule has 0 spiro atoms. The van der Waals surface area contributed by atoms with Crippen LogP contribution in [0.5, 0.6) is 0 Å². The summed E-state index contributed by atoms with van der Waals surface area (Å²) in [5, 5.41) is 3.58. The molecule has 0 atom stereocenters. The number of carbonyl (C=O) groups is 1. The molecule has 0 fully saturated rings. The maximum atomic E-state index is 12.1. The van der Waals surface area contributed by atoms with Gasteiger partial charge < -0.3 is 5.32 Å². The largest absolute Gasteiger partial charge is 0.325 e. The standard InChI is InChI=1S/C17H21N3OS/c1-10-6-7-15(11(2)8-10)20-16(21)9-22-17-18-13(4)12(3)14(5)19-17/h6-8H,9H2,1-5H3,(H,20,21). The molecule has 0 aliphatic rings. The van der Waals surface area contributed by atoms with Crippen LogP contribution in [0.15, 0.2) is 23.4 Å². The molecule has 4 nitrogen and oxygen atoms in total. The number of nitrogens with zero attached hydrogens (tertiary/aromatic N) is 2. The second kappa shape index (κ2) is 6.92. The quantitative estimate of drug-likeness (QED) is 0.689. The summed E-state index contributed by atoms with van der Waals surface area (Å²) in [6.45, 7) is 9.96. The highest BCUT2D eigenvalue weighted by molar-refractivity contribution is 7.99. The molecule has 0 saturated carbocycles. The average Bonchev–Trinajstić information content (AvgIpc) is 2.45. The van der Waals surface area contributed by atoms with E-state index in [1.807, 2.05) is 46.8 Å². The Morgan fingerprint density at radius 3 is 2.32 bits per heavy atom. The third-order valence-electron chi connectivity index (χ3n) is 3.60. The van der Waals surface area contributed by atoms with Crippen molar-refractivity contribution in [2.75, 3.05) is 11.1 Å². The molecule has 5 heteroatoms. The molecule has 2 rings (SSSR count). The SMILES string of the molecule is Cc1ccc(NC(=O)CSc2nc(C)c(C)c(C)n2)c(C)c1. The molecule has 0 bridgehead atoms. The zero-order valence-corrected chi connectivity index (χ0v) is 14.5. The Labute approximate surface area is 135 Å². The van der Waals surface area contributed by atoms with Gasteiger partial charge in [0.25, 0.3) is 0 Å². The first-order valence-electron chi connectivity index (χ1n) is 7.18. The topological polar surface area (TPSA) is 54.9 Å². The number of hydrogen-bond acceptors (Lipinski definition) is 4. The summed E-state index contributed by atoms with van der Waals surface area (Å²) in [4.78, 5) is 20.9. The third-order valence-corrected chi connectivity index (χ3v) is 4.45. The van der Waals surface area contributed by atoms with E-state index in [2.05, 4.69) is 21.4 Å². The number of thioether (sulfide) groups is 1. The van der Waals surface area contributed by atoms with Gasteiger partial charge in [0.2, 0.25) is 5.91 Å². The van der Waals surface area contributed by atoms with Crippen molar-refractivity contribution in [3.8, 4) is 0 Å². The summed E-state index contributed by atoms with van der Waals surface area (Å²) in [5.74, 6) is 0.256. The van der Waals surface area contributed by atoms with Crippen LogP contribution in [0, 0.1) is 34.6 Å². The minimum Gasteiger partial charge on any atom is -0.325 e. The summed E-state index contributed by atoms with van der Waals surface area (Å²) >= 11 is 1.36. The van der Waals surface area contributed by atoms with Crippen molar-refractivity contribution in [2.24, 2.45) is 0 Å². The minimum absolute atomic E-state index is 0.0450. The van der Waals surface area contributed by atoms with Gasteiger partial charge in [-0.05, 0) is 51.8 Å². The van der Waals surface area contributed by atoms with Crippen molar-refractivity contribution in [1.29, 1.82) is 0 Å². The van der Waals surface area contributed by atoms with Gasteiger partial charge in [0.1, 0.15) is 0 Å². The van der Waals surface area contributed by atoms with Crippen LogP contribution in [-0.4, -0.2) is 21.6 Å². The van der Waals surface area contributed by atoms with E-state index in [0.29, 0.717) is 10.9 Å². The maximum Gasteiger partial charge on any atom is 0.234 e. The molecule has 1 aromatic heterocycles. The number of hydrogen-bond donors (Lipinski definition) is 1. The molecule has 0 aliphatic carbocycles. The average molecular weight is 315 g/mol. The lowest BCUT2D eigenvalue weighted by Crippen LogP contribution is -2.15. The van der Waals surface area contributed by atoms with E-state index in [1.165, 1.54) is 17.3 Å². The second-order valence-corrected chi connectivity index (χ2v) is 6.40. The van der Waals surface area contributed by atoms with Gasteiger partial charge in [-0.2, -0.15) is 0 Å². The van der Waals surface area contributed by atoms with E-state index in [9.17, 15) is 4.79 Å². The van der Waals surface area contributed by atoms with E-state index in [1.54, 1.807) is 0 Å². The molecule has 1 N–H and O–H groups in total. The summed E-state index contributed by atoms with van der Waals surface area (Å²) in [6.07, 6.45) is 0. The number of rotatable bonds is 4. The van der Waals surface area contributed by atoms with Gasteiger partial charge in [-0.25, -0.2) is 9.97 Å². The molecular formula is C17H21N3OS. The van der Waals surface area contributed by atoms with Gasteiger partial charge in [0, 0.05) is 17.1 Å². The van der Waals surface area contributed by atoms with Crippen molar-refractivity contribution in [2.45, 2.75) is 39.8 Å². The van der Waals surface area contributed by atoms with Gasteiger partial charge in [-0.1, -0.05) is 29.5 Å². The monoisotopic (exact) mass is 315 g/mol. The van der Waals surface area contributed by atoms with Crippen molar-refractivity contribution < 1.29 is 4.79 Å². The Kier molecular flexibility index (Phi) is 5.19. The molecule has 1 amide bonds. The minimum atomic E-state index is -0.0450. The zero-order chi connectivity index (χ0) is 16.3. The van der Waals surface area contributed by atoms with Crippen molar-refractivity contribution in [1.82, 2.24) is 9.97 Å². The lowest BCUT2D eigenvalue weighted by Gasteiger charge is -2.09. The van der Waals surface area contributed by atoms with Gasteiger partial charge >= 0.3 is 0 Å². The predicted octanol–water partition coefficient (Wildman–Crippen LogP) is 3.75. The fourth-order valence-corrected chi connectivity index (χ4v) is 2.81. The van der Waals surface area contributed by atoms with Crippen LogP contribution < -0.4 is 5.32 Å². The summed E-state index contributed by atoms with van der Waals surface area (Å²) in [7, 11) is 0. The Morgan fingerprint density at radius 2 is 1.73 bits per heavy atom. The fraction of sp³-hybridized carbons (Fsp3) is 0.353. The first-order valence-corrected chi connectivity index (χ1v) is 8.17. The highest BCUT2D eigenvalue weighted by atomic mass is 32.2. The molecule has 0 radical (unpaired) electrons.